The van der Waals surface area contributed by atoms with Gasteiger partial charge >= 0.3 is 6.36 Å². The van der Waals surface area contributed by atoms with Gasteiger partial charge in [-0.05, 0) is 18.2 Å². The van der Waals surface area contributed by atoms with E-state index in [4.69, 9.17) is 0 Å². The van der Waals surface area contributed by atoms with Crippen molar-refractivity contribution >= 4 is 27.1 Å². The van der Waals surface area contributed by atoms with Gasteiger partial charge in [0, 0.05) is 12.0 Å². The third kappa shape index (κ3) is 6.83. The molecule has 2 N–H and O–H groups in total. The Bertz CT molecular complexity index is 741. The van der Waals surface area contributed by atoms with Crippen molar-refractivity contribution < 1.29 is 31.1 Å². The van der Waals surface area contributed by atoms with E-state index in [1.807, 2.05) is 0 Å². The first-order valence-corrected chi connectivity index (χ1v) is 9.54. The molecule has 0 fully saturated rings. The average molecular weight is 396 g/mol. The van der Waals surface area contributed by atoms with Crippen LogP contribution in [0.5, 0.6) is 0 Å². The van der Waals surface area contributed by atoms with Crippen molar-refractivity contribution in [2.75, 3.05) is 29.5 Å². The number of anilines is 2. The number of sulfone groups is 1. The molecule has 0 aliphatic rings. The number of carbonyl (C=O) groups is 1. The maximum absolute atomic E-state index is 12.2. The Labute approximate surface area is 151 Å². The summed E-state index contributed by atoms with van der Waals surface area (Å²) in [5.74, 6) is -0.482. The van der Waals surface area contributed by atoms with Gasteiger partial charge < -0.3 is 10.6 Å². The van der Waals surface area contributed by atoms with Crippen molar-refractivity contribution in [3.63, 3.8) is 0 Å². The summed E-state index contributed by atoms with van der Waals surface area (Å²) < 4.78 is 63.8. The van der Waals surface area contributed by atoms with Crippen molar-refractivity contribution in [3.8, 4) is 0 Å². The van der Waals surface area contributed by atoms with Gasteiger partial charge in [-0.15, -0.1) is 13.2 Å². The molecule has 1 amide bonds. The number of nitrogens with one attached hydrogen (secondary N) is 2. The Hall–Kier alpha value is -1.81. The van der Waals surface area contributed by atoms with Gasteiger partial charge in [0.15, 0.2) is 9.84 Å². The summed E-state index contributed by atoms with van der Waals surface area (Å²) in [6.45, 7) is 5.71. The van der Waals surface area contributed by atoms with Gasteiger partial charge in [-0.25, -0.2) is 8.42 Å². The number of benzene rings is 1. The number of rotatable bonds is 7. The van der Waals surface area contributed by atoms with Gasteiger partial charge in [-0.1, -0.05) is 27.7 Å². The van der Waals surface area contributed by atoms with E-state index in [2.05, 4.69) is 15.4 Å². The highest BCUT2D eigenvalue weighted by atomic mass is 32.2. The zero-order chi connectivity index (χ0) is 20.2. The number of alkyl halides is 3. The summed E-state index contributed by atoms with van der Waals surface area (Å²) in [5, 5.41) is 5.32. The second-order valence-corrected chi connectivity index (χ2v) is 8.81. The molecule has 0 aromatic heterocycles. The fourth-order valence-electron chi connectivity index (χ4n) is 1.80. The molecule has 0 heterocycles. The van der Waals surface area contributed by atoms with Crippen LogP contribution in [-0.4, -0.2) is 39.6 Å². The van der Waals surface area contributed by atoms with Crippen molar-refractivity contribution in [1.29, 1.82) is 0 Å². The minimum atomic E-state index is -4.73. The van der Waals surface area contributed by atoms with Crippen LogP contribution in [0.15, 0.2) is 23.1 Å². The molecule has 0 radical (unpaired) electrons. The van der Waals surface area contributed by atoms with Crippen LogP contribution in [0.1, 0.15) is 27.7 Å². The van der Waals surface area contributed by atoms with E-state index in [-0.39, 0.29) is 28.8 Å². The SMILES string of the molecule is CCS(=O)(=O)c1ccc(NCCOC(F)(F)F)c(NC(=O)C(C)(C)C)c1. The minimum Gasteiger partial charge on any atom is -0.381 e. The van der Waals surface area contributed by atoms with Crippen molar-refractivity contribution in [2.45, 2.75) is 39.0 Å². The Morgan fingerprint density at radius 3 is 2.27 bits per heavy atom. The quantitative estimate of drug-likeness (QED) is 0.690. The number of halogens is 3. The highest BCUT2D eigenvalue weighted by Crippen LogP contribution is 2.28. The van der Waals surface area contributed by atoms with E-state index in [1.165, 1.54) is 25.1 Å². The largest absolute Gasteiger partial charge is 0.522 e. The van der Waals surface area contributed by atoms with Crippen LogP contribution in [0, 0.1) is 5.41 Å². The second kappa shape index (κ2) is 8.26. The van der Waals surface area contributed by atoms with Gasteiger partial charge in [0.2, 0.25) is 5.91 Å². The normalized spacial score (nSPS) is 12.7. The lowest BCUT2D eigenvalue weighted by atomic mass is 9.95. The fourth-order valence-corrected chi connectivity index (χ4v) is 2.71. The third-order valence-electron chi connectivity index (χ3n) is 3.34. The summed E-state index contributed by atoms with van der Waals surface area (Å²) in [5.41, 5.74) is -0.272. The average Bonchev–Trinajstić information content (AvgIpc) is 2.50. The Morgan fingerprint density at radius 2 is 1.77 bits per heavy atom. The van der Waals surface area contributed by atoms with E-state index in [9.17, 15) is 26.4 Å². The third-order valence-corrected chi connectivity index (χ3v) is 5.08. The molecule has 1 rings (SSSR count). The first-order valence-electron chi connectivity index (χ1n) is 7.89. The van der Waals surface area contributed by atoms with E-state index >= 15 is 0 Å². The molecule has 6 nitrogen and oxygen atoms in total. The van der Waals surface area contributed by atoms with Crippen LogP contribution in [-0.2, 0) is 19.4 Å². The summed E-state index contributed by atoms with van der Waals surface area (Å²) in [7, 11) is -3.51. The lowest BCUT2D eigenvalue weighted by Crippen LogP contribution is -2.28. The van der Waals surface area contributed by atoms with Gasteiger partial charge in [-0.3, -0.25) is 9.53 Å². The first-order chi connectivity index (χ1) is 11.8. The van der Waals surface area contributed by atoms with Crippen molar-refractivity contribution in [2.24, 2.45) is 5.41 Å². The van der Waals surface area contributed by atoms with Gasteiger partial charge in [0.05, 0.1) is 28.6 Å². The molecular formula is C16H23F3N2O4S. The fraction of sp³-hybridized carbons (Fsp3) is 0.562. The maximum atomic E-state index is 12.2. The minimum absolute atomic E-state index is 0.0151. The molecule has 0 unspecified atom stereocenters. The lowest BCUT2D eigenvalue weighted by Gasteiger charge is -2.20. The Morgan fingerprint density at radius 1 is 1.15 bits per heavy atom. The zero-order valence-electron chi connectivity index (χ0n) is 15.0. The van der Waals surface area contributed by atoms with Gasteiger partial charge in [-0.2, -0.15) is 0 Å². The molecular weight excluding hydrogens is 373 g/mol. The summed E-state index contributed by atoms with van der Waals surface area (Å²) in [6.07, 6.45) is -4.73. The van der Waals surface area contributed by atoms with Crippen LogP contribution < -0.4 is 10.6 Å². The van der Waals surface area contributed by atoms with Crippen LogP contribution >= 0.6 is 0 Å². The zero-order valence-corrected chi connectivity index (χ0v) is 15.8. The lowest BCUT2D eigenvalue weighted by molar-refractivity contribution is -0.322. The van der Waals surface area contributed by atoms with Crippen molar-refractivity contribution in [3.05, 3.63) is 18.2 Å². The van der Waals surface area contributed by atoms with E-state index in [1.54, 1.807) is 20.8 Å². The number of ether oxygens (including phenoxy) is 1. The molecule has 26 heavy (non-hydrogen) atoms. The number of hydrogen-bond donors (Lipinski definition) is 2. The molecule has 0 spiro atoms. The number of amides is 1. The first kappa shape index (κ1) is 22.2. The summed E-state index contributed by atoms with van der Waals surface area (Å²) in [4.78, 5) is 12.2. The molecule has 0 aliphatic carbocycles. The number of hydrogen-bond acceptors (Lipinski definition) is 5. The number of carbonyl (C=O) groups excluding carboxylic acids is 1. The molecule has 10 heteroatoms. The van der Waals surface area contributed by atoms with Crippen LogP contribution in [0.4, 0.5) is 24.5 Å². The highest BCUT2D eigenvalue weighted by molar-refractivity contribution is 7.91. The topological polar surface area (TPSA) is 84.5 Å². The summed E-state index contributed by atoms with van der Waals surface area (Å²) >= 11 is 0. The molecule has 148 valence electrons. The van der Waals surface area contributed by atoms with Crippen molar-refractivity contribution in [1.82, 2.24) is 0 Å². The van der Waals surface area contributed by atoms with E-state index in [0.717, 1.165) is 0 Å². The molecule has 0 aliphatic heterocycles. The van der Waals surface area contributed by atoms with Gasteiger partial charge in [0.25, 0.3) is 0 Å². The Balaban J connectivity index is 3.06. The van der Waals surface area contributed by atoms with E-state index in [0.29, 0.717) is 5.69 Å². The second-order valence-electron chi connectivity index (χ2n) is 6.54. The predicted octanol–water partition coefficient (Wildman–Crippen LogP) is 3.41. The molecule has 1 aromatic rings. The smallest absolute Gasteiger partial charge is 0.381 e. The maximum Gasteiger partial charge on any atom is 0.522 e. The van der Waals surface area contributed by atoms with E-state index < -0.39 is 28.2 Å². The molecule has 0 saturated heterocycles. The molecule has 1 aromatic carbocycles. The van der Waals surface area contributed by atoms with Crippen LogP contribution in [0.3, 0.4) is 0 Å². The summed E-state index contributed by atoms with van der Waals surface area (Å²) in [6, 6.07) is 4.02. The molecule has 0 saturated carbocycles. The molecule has 0 atom stereocenters. The molecule has 0 bridgehead atoms. The van der Waals surface area contributed by atoms with Gasteiger partial charge in [0.1, 0.15) is 0 Å². The standard InChI is InChI=1S/C16H23F3N2O4S/c1-5-26(23,24)11-6-7-12(20-8-9-25-16(17,18)19)13(10-11)21-14(22)15(2,3)4/h6-7,10,20H,5,8-9H2,1-4H3,(H,21,22). The highest BCUT2D eigenvalue weighted by Gasteiger charge is 2.28. The predicted molar refractivity (Wildman–Crippen MR) is 92.8 cm³/mol. The monoisotopic (exact) mass is 396 g/mol. The van der Waals surface area contributed by atoms with Crippen LogP contribution in [0.2, 0.25) is 0 Å². The van der Waals surface area contributed by atoms with Crippen LogP contribution in [0.25, 0.3) is 0 Å². The Kier molecular flexibility index (Phi) is 7.06.